The molecule has 8 unspecified atom stereocenters. The first-order chi connectivity index (χ1) is 10.4. The van der Waals surface area contributed by atoms with Gasteiger partial charge in [-0.15, -0.1) is 0 Å². The molecule has 0 aromatic carbocycles. The number of aliphatic hydroxyl groups is 2. The molecular formula is C19H31FO2. The second-order valence-corrected chi connectivity index (χ2v) is 9.28. The molecule has 4 aliphatic carbocycles. The summed E-state index contributed by atoms with van der Waals surface area (Å²) in [6, 6.07) is 0. The number of fused-ring (bicyclic) bond motifs is 5. The van der Waals surface area contributed by atoms with Crippen molar-refractivity contribution in [2.24, 2.45) is 34.5 Å². The Balaban J connectivity index is 1.70. The summed E-state index contributed by atoms with van der Waals surface area (Å²) >= 11 is 0. The Morgan fingerprint density at radius 3 is 2.45 bits per heavy atom. The van der Waals surface area contributed by atoms with Gasteiger partial charge >= 0.3 is 0 Å². The van der Waals surface area contributed by atoms with Crippen LogP contribution in [0.4, 0.5) is 4.39 Å². The lowest BCUT2D eigenvalue weighted by atomic mass is 9.44. The third-order valence-corrected chi connectivity index (χ3v) is 8.54. The summed E-state index contributed by atoms with van der Waals surface area (Å²) in [6.07, 6.45) is 6.27. The van der Waals surface area contributed by atoms with Gasteiger partial charge < -0.3 is 10.2 Å². The minimum atomic E-state index is -1.10. The minimum absolute atomic E-state index is 0.158. The van der Waals surface area contributed by atoms with Crippen LogP contribution in [-0.2, 0) is 0 Å². The van der Waals surface area contributed by atoms with E-state index in [2.05, 4.69) is 13.8 Å². The third kappa shape index (κ3) is 1.84. The van der Waals surface area contributed by atoms with Crippen molar-refractivity contribution in [3.63, 3.8) is 0 Å². The fraction of sp³-hybridized carbons (Fsp3) is 1.00. The summed E-state index contributed by atoms with van der Waals surface area (Å²) in [6.45, 7) is 4.52. The Hall–Kier alpha value is -0.150. The molecule has 2 N–H and O–H groups in total. The topological polar surface area (TPSA) is 40.5 Å². The van der Waals surface area contributed by atoms with E-state index in [1.165, 1.54) is 25.7 Å². The zero-order chi connectivity index (χ0) is 15.7. The maximum atomic E-state index is 14.2. The van der Waals surface area contributed by atoms with Crippen molar-refractivity contribution in [1.82, 2.24) is 0 Å². The molecule has 0 bridgehead atoms. The molecule has 126 valence electrons. The van der Waals surface area contributed by atoms with E-state index in [1.54, 1.807) is 0 Å². The van der Waals surface area contributed by atoms with Crippen molar-refractivity contribution in [1.29, 1.82) is 0 Å². The highest BCUT2D eigenvalue weighted by Crippen LogP contribution is 2.66. The molecule has 4 saturated carbocycles. The first kappa shape index (κ1) is 15.4. The Labute approximate surface area is 133 Å². The highest BCUT2D eigenvalue weighted by Gasteiger charge is 2.64. The quantitative estimate of drug-likeness (QED) is 0.716. The lowest BCUT2D eigenvalue weighted by Gasteiger charge is -2.61. The lowest BCUT2D eigenvalue weighted by molar-refractivity contribution is -0.168. The maximum absolute atomic E-state index is 14.2. The Morgan fingerprint density at radius 1 is 0.909 bits per heavy atom. The minimum Gasteiger partial charge on any atom is -0.393 e. The van der Waals surface area contributed by atoms with Crippen molar-refractivity contribution in [3.8, 4) is 0 Å². The first-order valence-electron chi connectivity index (χ1n) is 9.38. The molecule has 4 rings (SSSR count). The van der Waals surface area contributed by atoms with Crippen LogP contribution in [0, 0.1) is 34.5 Å². The molecule has 0 aromatic heterocycles. The van der Waals surface area contributed by atoms with Crippen LogP contribution >= 0.6 is 0 Å². The Morgan fingerprint density at radius 2 is 1.68 bits per heavy atom. The van der Waals surface area contributed by atoms with Gasteiger partial charge in [0.25, 0.3) is 0 Å². The van der Waals surface area contributed by atoms with Gasteiger partial charge in [-0.2, -0.15) is 0 Å². The van der Waals surface area contributed by atoms with Crippen LogP contribution in [0.15, 0.2) is 0 Å². The predicted molar refractivity (Wildman–Crippen MR) is 84.0 cm³/mol. The van der Waals surface area contributed by atoms with E-state index >= 15 is 0 Å². The predicted octanol–water partition coefficient (Wildman–Crippen LogP) is 3.70. The number of rotatable bonds is 0. The molecule has 9 atom stereocenters. The fourth-order valence-corrected chi connectivity index (χ4v) is 7.20. The summed E-state index contributed by atoms with van der Waals surface area (Å²) in [5.74, 6) is 1.53. The molecule has 4 aliphatic rings. The van der Waals surface area contributed by atoms with Crippen LogP contribution in [0.25, 0.3) is 0 Å². The molecule has 0 heterocycles. The van der Waals surface area contributed by atoms with E-state index in [9.17, 15) is 14.6 Å². The van der Waals surface area contributed by atoms with E-state index in [1.807, 2.05) is 0 Å². The van der Waals surface area contributed by atoms with Gasteiger partial charge in [-0.3, -0.25) is 0 Å². The molecular weight excluding hydrogens is 279 g/mol. The number of halogens is 1. The van der Waals surface area contributed by atoms with E-state index in [0.29, 0.717) is 23.7 Å². The highest BCUT2D eigenvalue weighted by atomic mass is 19.1. The molecule has 0 radical (unpaired) electrons. The van der Waals surface area contributed by atoms with Crippen molar-refractivity contribution in [2.75, 3.05) is 0 Å². The first-order valence-corrected chi connectivity index (χ1v) is 9.38. The summed E-state index contributed by atoms with van der Waals surface area (Å²) in [7, 11) is 0. The average Bonchev–Trinajstić information content (AvgIpc) is 2.71. The number of hydrogen-bond acceptors (Lipinski definition) is 2. The molecule has 3 heteroatoms. The van der Waals surface area contributed by atoms with Gasteiger partial charge in [0, 0.05) is 0 Å². The number of hydrogen-bond donors (Lipinski definition) is 2. The maximum Gasteiger partial charge on any atom is 0.127 e. The van der Waals surface area contributed by atoms with Crippen LogP contribution in [0.2, 0.25) is 0 Å². The Bertz CT molecular complexity index is 455. The van der Waals surface area contributed by atoms with Crippen molar-refractivity contribution in [2.45, 2.75) is 83.6 Å². The van der Waals surface area contributed by atoms with Crippen LogP contribution < -0.4 is 0 Å². The number of aliphatic hydroxyl groups excluding tert-OH is 2. The summed E-state index contributed by atoms with van der Waals surface area (Å²) in [4.78, 5) is 0. The summed E-state index contributed by atoms with van der Waals surface area (Å²) < 4.78 is 14.2. The van der Waals surface area contributed by atoms with Crippen LogP contribution in [0.5, 0.6) is 0 Å². The van der Waals surface area contributed by atoms with Gasteiger partial charge in [0.05, 0.1) is 12.2 Å². The van der Waals surface area contributed by atoms with E-state index < -0.39 is 12.3 Å². The second kappa shape index (κ2) is 4.92. The molecule has 22 heavy (non-hydrogen) atoms. The van der Waals surface area contributed by atoms with Gasteiger partial charge in [-0.05, 0) is 73.0 Å². The standard InChI is InChI=1S/C19H31FO2/c1-18-7-4-3-5-11(18)9-15(21)16-12(18)6-8-19(2)13(16)10-14(20)17(19)22/h11-17,21-22H,3-10H2,1-2H3/t11?,12?,13?,14-,15?,16?,17?,18?,19?/m1/s1. The van der Waals surface area contributed by atoms with Gasteiger partial charge in [0.1, 0.15) is 6.17 Å². The molecule has 0 amide bonds. The van der Waals surface area contributed by atoms with Gasteiger partial charge in [0.15, 0.2) is 0 Å². The van der Waals surface area contributed by atoms with Crippen molar-refractivity contribution < 1.29 is 14.6 Å². The normalized spacial score (nSPS) is 61.2. The summed E-state index contributed by atoms with van der Waals surface area (Å²) in [5.41, 5.74) is 0.0161. The largest absolute Gasteiger partial charge is 0.393 e. The summed E-state index contributed by atoms with van der Waals surface area (Å²) in [5, 5.41) is 21.3. The molecule has 4 fully saturated rings. The van der Waals surface area contributed by atoms with Crippen molar-refractivity contribution in [3.05, 3.63) is 0 Å². The van der Waals surface area contributed by atoms with Gasteiger partial charge in [0.2, 0.25) is 0 Å². The van der Waals surface area contributed by atoms with Gasteiger partial charge in [-0.1, -0.05) is 26.7 Å². The third-order valence-electron chi connectivity index (χ3n) is 8.54. The SMILES string of the molecule is CC12CCCCC1CC(O)C1C2CCC2(C)C1C[C@@H](F)C2O. The van der Waals surface area contributed by atoms with Crippen LogP contribution in [0.3, 0.4) is 0 Å². The average molecular weight is 310 g/mol. The van der Waals surface area contributed by atoms with Crippen molar-refractivity contribution >= 4 is 0 Å². The van der Waals surface area contributed by atoms with Gasteiger partial charge in [-0.25, -0.2) is 4.39 Å². The molecule has 0 spiro atoms. The van der Waals surface area contributed by atoms with E-state index in [4.69, 9.17) is 0 Å². The van der Waals surface area contributed by atoms with Crippen LogP contribution in [0.1, 0.15) is 65.2 Å². The fourth-order valence-electron chi connectivity index (χ4n) is 7.20. The molecule has 0 aliphatic heterocycles. The van der Waals surface area contributed by atoms with E-state index in [0.717, 1.165) is 19.3 Å². The Kier molecular flexibility index (Phi) is 3.44. The highest BCUT2D eigenvalue weighted by molar-refractivity contribution is 5.12. The number of alkyl halides is 1. The monoisotopic (exact) mass is 310 g/mol. The molecule has 0 aromatic rings. The second-order valence-electron chi connectivity index (χ2n) is 9.28. The molecule has 0 saturated heterocycles. The molecule has 2 nitrogen and oxygen atoms in total. The zero-order valence-corrected chi connectivity index (χ0v) is 14.0. The lowest BCUT2D eigenvalue weighted by Crippen LogP contribution is -2.58. The van der Waals surface area contributed by atoms with E-state index in [-0.39, 0.29) is 23.4 Å². The van der Waals surface area contributed by atoms with Crippen LogP contribution in [-0.4, -0.2) is 28.6 Å². The smallest absolute Gasteiger partial charge is 0.127 e. The zero-order valence-electron chi connectivity index (χ0n) is 14.0.